The summed E-state index contributed by atoms with van der Waals surface area (Å²) in [6.07, 6.45) is 8.93. The van der Waals surface area contributed by atoms with Crippen molar-refractivity contribution in [2.45, 2.75) is 77.4 Å². The van der Waals surface area contributed by atoms with Gasteiger partial charge in [-0.3, -0.25) is 14.6 Å². The number of hydrogen-bond donors (Lipinski definition) is 0. The minimum absolute atomic E-state index is 0.220. The lowest BCUT2D eigenvalue weighted by atomic mass is 9.70. The van der Waals surface area contributed by atoms with E-state index < -0.39 is 0 Å². The van der Waals surface area contributed by atoms with Crippen LogP contribution in [-0.2, 0) is 9.53 Å². The molecule has 6 rings (SSSR count). The summed E-state index contributed by atoms with van der Waals surface area (Å²) in [6, 6.07) is 1.44. The number of carbonyl (C=O) groups is 1. The van der Waals surface area contributed by atoms with E-state index in [4.69, 9.17) is 9.26 Å². The standard InChI is InChI=1S/C22H33N5O3/c1-15-23-21(30-24-15)26-12-20-19(11-18(26)13-29-20)25-9-5-17(6-10-25)27(16(2)28)14-22(3)7-4-8-22/h12,17-19H,4-11,13-14H2,1-3H3. The second-order valence-electron chi connectivity index (χ2n) is 9.86. The van der Waals surface area contributed by atoms with Gasteiger partial charge in [-0.05, 0) is 44.4 Å². The van der Waals surface area contributed by atoms with E-state index in [0.717, 1.165) is 44.7 Å². The van der Waals surface area contributed by atoms with Crippen molar-refractivity contribution in [2.24, 2.45) is 5.41 Å². The molecule has 1 aromatic rings. The molecule has 5 aliphatic rings. The van der Waals surface area contributed by atoms with Crippen molar-refractivity contribution in [3.8, 4) is 0 Å². The number of ether oxygens (including phenoxy) is 1. The van der Waals surface area contributed by atoms with E-state index in [1.807, 2.05) is 13.1 Å². The van der Waals surface area contributed by atoms with Crippen LogP contribution in [0.5, 0.6) is 0 Å². The van der Waals surface area contributed by atoms with E-state index in [9.17, 15) is 4.79 Å². The average Bonchev–Trinajstić information content (AvgIpc) is 3.17. The summed E-state index contributed by atoms with van der Waals surface area (Å²) >= 11 is 0. The number of aromatic nitrogens is 2. The van der Waals surface area contributed by atoms with Gasteiger partial charge >= 0.3 is 6.01 Å². The fourth-order valence-electron chi connectivity index (χ4n) is 5.58. The maximum absolute atomic E-state index is 12.4. The zero-order valence-electron chi connectivity index (χ0n) is 18.3. The summed E-state index contributed by atoms with van der Waals surface area (Å²) in [5.74, 6) is 1.88. The third kappa shape index (κ3) is 3.59. The Kier molecular flexibility index (Phi) is 5.00. The van der Waals surface area contributed by atoms with E-state index in [1.165, 1.54) is 19.3 Å². The van der Waals surface area contributed by atoms with Crippen molar-refractivity contribution in [3.63, 3.8) is 0 Å². The molecule has 2 unspecified atom stereocenters. The van der Waals surface area contributed by atoms with E-state index in [1.54, 1.807) is 6.92 Å². The molecule has 0 spiro atoms. The third-order valence-corrected chi connectivity index (χ3v) is 7.56. The van der Waals surface area contributed by atoms with Gasteiger partial charge in [0.2, 0.25) is 5.91 Å². The van der Waals surface area contributed by atoms with Gasteiger partial charge in [0.15, 0.2) is 5.82 Å². The van der Waals surface area contributed by atoms with Gasteiger partial charge in [0.25, 0.3) is 0 Å². The van der Waals surface area contributed by atoms with E-state index in [0.29, 0.717) is 35.9 Å². The molecule has 8 nitrogen and oxygen atoms in total. The molecule has 2 bridgehead atoms. The molecule has 1 aliphatic carbocycles. The number of aryl methyl sites for hydroxylation is 1. The Morgan fingerprint density at radius 2 is 2.10 bits per heavy atom. The second-order valence-corrected chi connectivity index (χ2v) is 9.86. The predicted octanol–water partition coefficient (Wildman–Crippen LogP) is 2.70. The molecular formula is C22H33N5O3. The fraction of sp³-hybridized carbons (Fsp3) is 0.773. The number of hydrogen-bond acceptors (Lipinski definition) is 7. The summed E-state index contributed by atoms with van der Waals surface area (Å²) in [7, 11) is 0. The molecular weight excluding hydrogens is 382 g/mol. The zero-order chi connectivity index (χ0) is 20.9. The van der Waals surface area contributed by atoms with Gasteiger partial charge < -0.3 is 14.2 Å². The number of carbonyl (C=O) groups excluding carboxylic acids is 1. The predicted molar refractivity (Wildman–Crippen MR) is 112 cm³/mol. The Morgan fingerprint density at radius 1 is 1.33 bits per heavy atom. The minimum Gasteiger partial charge on any atom is -0.493 e. The average molecular weight is 416 g/mol. The van der Waals surface area contributed by atoms with Crippen LogP contribution in [0.15, 0.2) is 16.5 Å². The molecule has 8 heteroatoms. The smallest absolute Gasteiger partial charge is 0.328 e. The number of likely N-dealkylation sites (tertiary alicyclic amines) is 1. The molecule has 2 atom stereocenters. The minimum atomic E-state index is 0.220. The molecule has 5 heterocycles. The van der Waals surface area contributed by atoms with Crippen LogP contribution in [0.25, 0.3) is 0 Å². The lowest BCUT2D eigenvalue weighted by molar-refractivity contribution is -0.135. The van der Waals surface area contributed by atoms with Crippen LogP contribution in [0.1, 0.15) is 58.2 Å². The molecule has 164 valence electrons. The van der Waals surface area contributed by atoms with Crippen LogP contribution < -0.4 is 4.90 Å². The van der Waals surface area contributed by atoms with Crippen LogP contribution >= 0.6 is 0 Å². The SMILES string of the molecule is CC(=O)N(CC1(C)CCC1)C1CCN(C2CC3COC2=CN3c2nc(C)no2)CC1. The Bertz CT molecular complexity index is 824. The van der Waals surface area contributed by atoms with E-state index in [2.05, 4.69) is 31.8 Å². The topological polar surface area (TPSA) is 74.9 Å². The summed E-state index contributed by atoms with van der Waals surface area (Å²) in [5.41, 5.74) is 0.334. The van der Waals surface area contributed by atoms with Crippen molar-refractivity contribution >= 4 is 11.9 Å². The van der Waals surface area contributed by atoms with Gasteiger partial charge in [-0.1, -0.05) is 18.5 Å². The fourth-order valence-corrected chi connectivity index (χ4v) is 5.58. The van der Waals surface area contributed by atoms with Gasteiger partial charge in [0.1, 0.15) is 12.4 Å². The van der Waals surface area contributed by atoms with Gasteiger partial charge in [0.05, 0.1) is 12.1 Å². The number of piperidine rings is 1. The molecule has 2 saturated heterocycles. The highest BCUT2D eigenvalue weighted by Gasteiger charge is 2.43. The largest absolute Gasteiger partial charge is 0.493 e. The first-order valence-corrected chi connectivity index (χ1v) is 11.4. The van der Waals surface area contributed by atoms with Crippen LogP contribution in [0.4, 0.5) is 6.01 Å². The lowest BCUT2D eigenvalue weighted by Gasteiger charge is -2.49. The Labute approximate surface area is 178 Å². The number of amides is 1. The van der Waals surface area contributed by atoms with Gasteiger partial charge in [-0.2, -0.15) is 4.98 Å². The number of fused-ring (bicyclic) bond motifs is 3. The Hall–Kier alpha value is -2.09. The van der Waals surface area contributed by atoms with Crippen molar-refractivity contribution in [3.05, 3.63) is 17.8 Å². The third-order valence-electron chi connectivity index (χ3n) is 7.56. The highest BCUT2D eigenvalue weighted by atomic mass is 16.5. The molecule has 4 aliphatic heterocycles. The van der Waals surface area contributed by atoms with Gasteiger partial charge in [0, 0.05) is 38.8 Å². The number of rotatable bonds is 5. The molecule has 1 aromatic heterocycles. The maximum atomic E-state index is 12.4. The summed E-state index contributed by atoms with van der Waals surface area (Å²) in [6.45, 7) is 9.50. The first-order chi connectivity index (χ1) is 14.4. The van der Waals surface area contributed by atoms with Crippen LogP contribution in [-0.4, -0.2) is 70.2 Å². The second kappa shape index (κ2) is 7.55. The monoisotopic (exact) mass is 415 g/mol. The van der Waals surface area contributed by atoms with E-state index in [-0.39, 0.29) is 11.9 Å². The molecule has 1 amide bonds. The van der Waals surface area contributed by atoms with Crippen molar-refractivity contribution in [1.82, 2.24) is 19.9 Å². The molecule has 0 N–H and O–H groups in total. The zero-order valence-corrected chi connectivity index (χ0v) is 18.3. The highest BCUT2D eigenvalue weighted by molar-refractivity contribution is 5.73. The van der Waals surface area contributed by atoms with Crippen molar-refractivity contribution in [1.29, 1.82) is 0 Å². The van der Waals surface area contributed by atoms with Gasteiger partial charge in [-0.25, -0.2) is 0 Å². The normalized spacial score (nSPS) is 28.6. The summed E-state index contributed by atoms with van der Waals surface area (Å²) in [4.78, 5) is 23.5. The van der Waals surface area contributed by atoms with Crippen molar-refractivity contribution < 1.29 is 14.1 Å². The van der Waals surface area contributed by atoms with E-state index >= 15 is 0 Å². The maximum Gasteiger partial charge on any atom is 0.328 e. The first-order valence-electron chi connectivity index (χ1n) is 11.4. The molecule has 0 aromatic carbocycles. The molecule has 3 fully saturated rings. The van der Waals surface area contributed by atoms with Crippen LogP contribution in [0.2, 0.25) is 0 Å². The van der Waals surface area contributed by atoms with Crippen LogP contribution in [0.3, 0.4) is 0 Å². The van der Waals surface area contributed by atoms with Crippen LogP contribution in [0, 0.1) is 12.3 Å². The quantitative estimate of drug-likeness (QED) is 0.732. The highest BCUT2D eigenvalue weighted by Crippen LogP contribution is 2.42. The Morgan fingerprint density at radius 3 is 2.63 bits per heavy atom. The number of nitrogens with zero attached hydrogens (tertiary/aromatic N) is 5. The first kappa shape index (κ1) is 19.8. The summed E-state index contributed by atoms with van der Waals surface area (Å²) < 4.78 is 11.4. The van der Waals surface area contributed by atoms with Gasteiger partial charge in [-0.15, -0.1) is 0 Å². The Balaban J connectivity index is 1.22. The summed E-state index contributed by atoms with van der Waals surface area (Å²) in [5, 5.41) is 3.92. The van der Waals surface area contributed by atoms with Crippen molar-refractivity contribution in [2.75, 3.05) is 31.1 Å². The molecule has 30 heavy (non-hydrogen) atoms. The number of anilines is 1. The molecule has 1 saturated carbocycles. The lowest BCUT2D eigenvalue weighted by Crippen LogP contribution is -2.57. The molecule has 0 radical (unpaired) electrons.